The number of pyridine rings is 2. The van der Waals surface area contributed by atoms with Crippen LogP contribution in [0, 0.1) is 17.6 Å². The van der Waals surface area contributed by atoms with Crippen LogP contribution in [0.2, 0.25) is 0 Å². The SMILES string of the molecule is CCNCC1CC(=O)C(c2nc3c(cc2F)c(=O)c(C(=O)O)cn3-c2ccc(F)cc2)C1. The molecule has 4 rings (SSSR count). The Morgan fingerprint density at radius 1 is 1.25 bits per heavy atom. The molecule has 1 aliphatic rings. The fourth-order valence-corrected chi connectivity index (χ4v) is 4.18. The number of hydrogen-bond donors (Lipinski definition) is 2. The average molecular weight is 441 g/mol. The van der Waals surface area contributed by atoms with Crippen LogP contribution < -0.4 is 10.7 Å². The van der Waals surface area contributed by atoms with Crippen molar-refractivity contribution in [1.29, 1.82) is 0 Å². The molecule has 0 spiro atoms. The van der Waals surface area contributed by atoms with E-state index < -0.39 is 34.5 Å². The largest absolute Gasteiger partial charge is 0.477 e. The van der Waals surface area contributed by atoms with Crippen molar-refractivity contribution in [2.75, 3.05) is 13.1 Å². The smallest absolute Gasteiger partial charge is 0.341 e. The van der Waals surface area contributed by atoms with Gasteiger partial charge in [0.2, 0.25) is 5.43 Å². The molecule has 1 aliphatic carbocycles. The maximum Gasteiger partial charge on any atom is 0.341 e. The van der Waals surface area contributed by atoms with Crippen molar-refractivity contribution in [3.8, 4) is 5.69 Å². The van der Waals surface area contributed by atoms with Gasteiger partial charge in [0, 0.05) is 18.3 Å². The van der Waals surface area contributed by atoms with E-state index >= 15 is 4.39 Å². The summed E-state index contributed by atoms with van der Waals surface area (Å²) in [5.41, 5.74) is -1.18. The van der Waals surface area contributed by atoms with E-state index in [2.05, 4.69) is 10.3 Å². The van der Waals surface area contributed by atoms with Gasteiger partial charge < -0.3 is 15.0 Å². The summed E-state index contributed by atoms with van der Waals surface area (Å²) in [6, 6.07) is 6.08. The molecule has 1 fully saturated rings. The molecule has 0 radical (unpaired) electrons. The van der Waals surface area contributed by atoms with Crippen molar-refractivity contribution in [3.63, 3.8) is 0 Å². The summed E-state index contributed by atoms with van der Waals surface area (Å²) in [5, 5.41) is 12.4. The van der Waals surface area contributed by atoms with Crippen LogP contribution in [0.25, 0.3) is 16.7 Å². The van der Waals surface area contributed by atoms with Crippen LogP contribution in [0.5, 0.6) is 0 Å². The van der Waals surface area contributed by atoms with Gasteiger partial charge in [-0.05, 0) is 55.8 Å². The zero-order chi connectivity index (χ0) is 23.0. The standard InChI is InChI=1S/C23H21F2N3O4/c1-2-26-10-12-7-15(19(29)8-12)20-18(25)9-16-21(30)17(23(31)32)11-28(22(16)27-20)14-5-3-13(24)4-6-14/h3-6,9,11-12,15,26H,2,7-8,10H2,1H3,(H,31,32). The molecule has 0 saturated heterocycles. The third kappa shape index (κ3) is 3.91. The molecule has 1 saturated carbocycles. The summed E-state index contributed by atoms with van der Waals surface area (Å²) in [6.07, 6.45) is 1.81. The molecule has 9 heteroatoms. The highest BCUT2D eigenvalue weighted by atomic mass is 19.1. The highest BCUT2D eigenvalue weighted by Crippen LogP contribution is 2.36. The van der Waals surface area contributed by atoms with Gasteiger partial charge in [-0.2, -0.15) is 0 Å². The molecule has 2 atom stereocenters. The zero-order valence-electron chi connectivity index (χ0n) is 17.3. The number of carbonyl (C=O) groups excluding carboxylic acids is 1. The van der Waals surface area contributed by atoms with E-state index in [0.29, 0.717) is 25.1 Å². The predicted molar refractivity (Wildman–Crippen MR) is 113 cm³/mol. The van der Waals surface area contributed by atoms with Crippen molar-refractivity contribution in [2.45, 2.75) is 25.7 Å². The van der Waals surface area contributed by atoms with E-state index in [4.69, 9.17) is 0 Å². The maximum atomic E-state index is 15.0. The lowest BCUT2D eigenvalue weighted by Gasteiger charge is -2.16. The second-order valence-corrected chi connectivity index (χ2v) is 7.88. The van der Waals surface area contributed by atoms with Gasteiger partial charge in [0.25, 0.3) is 0 Å². The summed E-state index contributed by atoms with van der Waals surface area (Å²) in [5.74, 6) is -3.63. The number of ketones is 1. The number of carbonyl (C=O) groups is 2. The Hall–Kier alpha value is -3.46. The molecular formula is C23H21F2N3O4. The van der Waals surface area contributed by atoms with Crippen LogP contribution in [0.3, 0.4) is 0 Å². The summed E-state index contributed by atoms with van der Waals surface area (Å²) in [4.78, 5) is 41.2. The normalized spacial score (nSPS) is 18.4. The second-order valence-electron chi connectivity index (χ2n) is 7.88. The van der Waals surface area contributed by atoms with Gasteiger partial charge in [-0.25, -0.2) is 18.6 Å². The van der Waals surface area contributed by atoms with Crippen LogP contribution in [0.15, 0.2) is 41.3 Å². The minimum Gasteiger partial charge on any atom is -0.477 e. The first-order valence-corrected chi connectivity index (χ1v) is 10.3. The van der Waals surface area contributed by atoms with E-state index in [0.717, 1.165) is 18.8 Å². The molecule has 2 heterocycles. The fourth-order valence-electron chi connectivity index (χ4n) is 4.18. The van der Waals surface area contributed by atoms with Crippen molar-refractivity contribution >= 4 is 22.8 Å². The van der Waals surface area contributed by atoms with Crippen LogP contribution in [-0.2, 0) is 4.79 Å². The van der Waals surface area contributed by atoms with Gasteiger partial charge in [0.1, 0.15) is 28.6 Å². The molecular weight excluding hydrogens is 420 g/mol. The third-order valence-electron chi connectivity index (χ3n) is 5.75. The Bertz CT molecular complexity index is 1270. The number of nitrogens with one attached hydrogen (secondary N) is 1. The second kappa shape index (κ2) is 8.58. The van der Waals surface area contributed by atoms with Gasteiger partial charge >= 0.3 is 5.97 Å². The Morgan fingerprint density at radius 3 is 2.62 bits per heavy atom. The fraction of sp³-hybridized carbons (Fsp3) is 0.304. The lowest BCUT2D eigenvalue weighted by molar-refractivity contribution is -0.118. The van der Waals surface area contributed by atoms with Crippen LogP contribution in [0.1, 0.15) is 41.7 Å². The zero-order valence-corrected chi connectivity index (χ0v) is 17.3. The molecule has 2 aromatic heterocycles. The minimum absolute atomic E-state index is 0.00550. The number of nitrogens with zero attached hydrogens (tertiary/aromatic N) is 2. The highest BCUT2D eigenvalue weighted by molar-refractivity contribution is 5.93. The summed E-state index contributed by atoms with van der Waals surface area (Å²) in [6.45, 7) is 3.35. The number of Topliss-reactive ketones (excluding diaryl/α,β-unsaturated/α-hetero) is 1. The molecule has 2 unspecified atom stereocenters. The number of rotatable bonds is 6. The number of benzene rings is 1. The molecule has 7 nitrogen and oxygen atoms in total. The number of hydrogen-bond acceptors (Lipinski definition) is 5. The lowest BCUT2D eigenvalue weighted by Crippen LogP contribution is -2.21. The predicted octanol–water partition coefficient (Wildman–Crippen LogP) is 3.03. The number of halogens is 2. The first-order valence-electron chi connectivity index (χ1n) is 10.3. The Balaban J connectivity index is 1.90. The van der Waals surface area contributed by atoms with E-state index in [1.165, 1.54) is 28.8 Å². The number of fused-ring (bicyclic) bond motifs is 1. The van der Waals surface area contributed by atoms with Gasteiger partial charge in [0.05, 0.1) is 17.0 Å². The van der Waals surface area contributed by atoms with Crippen LogP contribution >= 0.6 is 0 Å². The van der Waals surface area contributed by atoms with Crippen molar-refractivity contribution in [1.82, 2.24) is 14.9 Å². The van der Waals surface area contributed by atoms with E-state index in [-0.39, 0.29) is 28.4 Å². The molecule has 2 N–H and O–H groups in total. The van der Waals surface area contributed by atoms with Crippen molar-refractivity contribution < 1.29 is 23.5 Å². The first kappa shape index (κ1) is 21.8. The molecule has 166 valence electrons. The Kier molecular flexibility index (Phi) is 5.84. The number of aromatic nitrogens is 2. The summed E-state index contributed by atoms with van der Waals surface area (Å²) in [7, 11) is 0. The topological polar surface area (TPSA) is 101 Å². The minimum atomic E-state index is -1.48. The van der Waals surface area contributed by atoms with Gasteiger partial charge in [-0.15, -0.1) is 0 Å². The average Bonchev–Trinajstić information content (AvgIpc) is 3.13. The van der Waals surface area contributed by atoms with Gasteiger partial charge in [-0.1, -0.05) is 6.92 Å². The summed E-state index contributed by atoms with van der Waals surface area (Å²) < 4.78 is 29.8. The molecule has 0 bridgehead atoms. The monoisotopic (exact) mass is 441 g/mol. The quantitative estimate of drug-likeness (QED) is 0.610. The number of carboxylic acid groups (broad SMARTS) is 1. The first-order chi connectivity index (χ1) is 15.3. The van der Waals surface area contributed by atoms with Crippen molar-refractivity contribution in [2.24, 2.45) is 5.92 Å². The van der Waals surface area contributed by atoms with Crippen molar-refractivity contribution in [3.05, 3.63) is 69.6 Å². The molecule has 0 aliphatic heterocycles. The van der Waals surface area contributed by atoms with E-state index in [1.807, 2.05) is 6.92 Å². The molecule has 32 heavy (non-hydrogen) atoms. The Labute approximate surface area is 181 Å². The van der Waals surface area contributed by atoms with E-state index in [1.54, 1.807) is 0 Å². The number of aromatic carboxylic acids is 1. The van der Waals surface area contributed by atoms with Gasteiger partial charge in [0.15, 0.2) is 0 Å². The van der Waals surface area contributed by atoms with Crippen LogP contribution in [0.4, 0.5) is 8.78 Å². The molecule has 0 amide bonds. The van der Waals surface area contributed by atoms with Crippen LogP contribution in [-0.4, -0.2) is 39.5 Å². The third-order valence-corrected chi connectivity index (χ3v) is 5.75. The Morgan fingerprint density at radius 2 is 1.97 bits per heavy atom. The molecule has 3 aromatic rings. The molecule has 1 aromatic carbocycles. The maximum absolute atomic E-state index is 15.0. The number of carboxylic acids is 1. The van der Waals surface area contributed by atoms with E-state index in [9.17, 15) is 23.9 Å². The lowest BCUT2D eigenvalue weighted by atomic mass is 9.99. The highest BCUT2D eigenvalue weighted by Gasteiger charge is 2.36. The van der Waals surface area contributed by atoms with Gasteiger partial charge in [-0.3, -0.25) is 9.59 Å². The summed E-state index contributed by atoms with van der Waals surface area (Å²) >= 11 is 0.